The van der Waals surface area contributed by atoms with Crippen molar-refractivity contribution in [3.8, 4) is 0 Å². The van der Waals surface area contributed by atoms with Crippen LogP contribution in [-0.2, 0) is 18.2 Å². The summed E-state index contributed by atoms with van der Waals surface area (Å²) in [5.41, 5.74) is 0. The number of ether oxygens (including phenoxy) is 1. The van der Waals surface area contributed by atoms with Gasteiger partial charge in [0.25, 0.3) is 0 Å². The van der Waals surface area contributed by atoms with Crippen molar-refractivity contribution in [3.63, 3.8) is 0 Å². The average molecular weight is 280 g/mol. The highest BCUT2D eigenvalue weighted by molar-refractivity contribution is 4.94. The molecule has 20 heavy (non-hydrogen) atoms. The van der Waals surface area contributed by atoms with Crippen molar-refractivity contribution in [2.75, 3.05) is 26.2 Å². The molecule has 2 fully saturated rings. The standard InChI is InChI=1S/C13H24N6O/c1-3-14-11(7-13-15-17-18(2)16-13)12-8-19-6-4-5-10(19)9-20-12/h10-12,14H,3-9H2,1-2H3. The number of fused-ring (bicyclic) bond motifs is 1. The Bertz CT molecular complexity index is 436. The average Bonchev–Trinajstić information content (AvgIpc) is 3.06. The van der Waals surface area contributed by atoms with E-state index in [9.17, 15) is 0 Å². The number of aromatic nitrogens is 4. The fourth-order valence-corrected chi connectivity index (χ4v) is 3.29. The van der Waals surface area contributed by atoms with Gasteiger partial charge in [-0.2, -0.15) is 4.80 Å². The van der Waals surface area contributed by atoms with Crippen molar-refractivity contribution in [3.05, 3.63) is 5.82 Å². The van der Waals surface area contributed by atoms with Crippen LogP contribution in [0.1, 0.15) is 25.6 Å². The molecule has 112 valence electrons. The second-order valence-corrected chi connectivity index (χ2v) is 5.73. The molecule has 2 saturated heterocycles. The molecule has 3 rings (SSSR count). The van der Waals surface area contributed by atoms with E-state index >= 15 is 0 Å². The van der Waals surface area contributed by atoms with Crippen LogP contribution in [0, 0.1) is 0 Å². The number of nitrogens with one attached hydrogen (secondary N) is 1. The highest BCUT2D eigenvalue weighted by Crippen LogP contribution is 2.24. The molecule has 0 amide bonds. The number of rotatable bonds is 5. The summed E-state index contributed by atoms with van der Waals surface area (Å²) in [5.74, 6) is 0.783. The van der Waals surface area contributed by atoms with Crippen LogP contribution in [0.3, 0.4) is 0 Å². The lowest BCUT2D eigenvalue weighted by Gasteiger charge is -2.38. The number of likely N-dealkylation sites (N-methyl/N-ethyl adjacent to an activating group) is 1. The smallest absolute Gasteiger partial charge is 0.176 e. The Hall–Kier alpha value is -1.05. The van der Waals surface area contributed by atoms with Gasteiger partial charge in [-0.1, -0.05) is 6.92 Å². The lowest BCUT2D eigenvalue weighted by atomic mass is 10.0. The van der Waals surface area contributed by atoms with E-state index in [1.54, 1.807) is 7.05 Å². The summed E-state index contributed by atoms with van der Waals surface area (Å²) >= 11 is 0. The van der Waals surface area contributed by atoms with E-state index in [4.69, 9.17) is 4.74 Å². The van der Waals surface area contributed by atoms with Crippen LogP contribution in [-0.4, -0.2) is 69.5 Å². The van der Waals surface area contributed by atoms with Crippen LogP contribution in [0.2, 0.25) is 0 Å². The van der Waals surface area contributed by atoms with Crippen LogP contribution < -0.4 is 5.32 Å². The monoisotopic (exact) mass is 280 g/mol. The Balaban J connectivity index is 1.63. The Labute approximate surface area is 119 Å². The second-order valence-electron chi connectivity index (χ2n) is 5.73. The highest BCUT2D eigenvalue weighted by Gasteiger charge is 2.35. The molecule has 0 bridgehead atoms. The highest BCUT2D eigenvalue weighted by atomic mass is 16.5. The van der Waals surface area contributed by atoms with Crippen molar-refractivity contribution in [2.24, 2.45) is 7.05 Å². The van der Waals surface area contributed by atoms with E-state index in [1.165, 1.54) is 24.2 Å². The van der Waals surface area contributed by atoms with Gasteiger partial charge >= 0.3 is 0 Å². The molecule has 1 aromatic heterocycles. The molecule has 2 aliphatic rings. The number of hydrogen-bond donors (Lipinski definition) is 1. The first-order chi connectivity index (χ1) is 9.76. The third-order valence-electron chi connectivity index (χ3n) is 4.28. The van der Waals surface area contributed by atoms with Gasteiger partial charge in [0.15, 0.2) is 5.82 Å². The van der Waals surface area contributed by atoms with Crippen LogP contribution in [0.15, 0.2) is 0 Å². The van der Waals surface area contributed by atoms with Gasteiger partial charge in [0.05, 0.1) is 19.8 Å². The van der Waals surface area contributed by atoms with Gasteiger partial charge in [-0.05, 0) is 31.1 Å². The van der Waals surface area contributed by atoms with E-state index in [0.717, 1.165) is 31.9 Å². The maximum absolute atomic E-state index is 6.10. The topological polar surface area (TPSA) is 68.1 Å². The quantitative estimate of drug-likeness (QED) is 0.791. The van der Waals surface area contributed by atoms with E-state index in [2.05, 4.69) is 32.6 Å². The van der Waals surface area contributed by atoms with Gasteiger partial charge in [0.2, 0.25) is 0 Å². The number of aryl methyl sites for hydroxylation is 1. The van der Waals surface area contributed by atoms with Crippen molar-refractivity contribution in [2.45, 2.75) is 44.4 Å². The van der Waals surface area contributed by atoms with Gasteiger partial charge in [-0.3, -0.25) is 4.90 Å². The first kappa shape index (κ1) is 13.9. The van der Waals surface area contributed by atoms with Gasteiger partial charge in [-0.15, -0.1) is 10.2 Å². The fourth-order valence-electron chi connectivity index (χ4n) is 3.29. The summed E-state index contributed by atoms with van der Waals surface area (Å²) in [6, 6.07) is 0.897. The summed E-state index contributed by atoms with van der Waals surface area (Å²) in [5, 5.41) is 15.8. The third-order valence-corrected chi connectivity index (χ3v) is 4.28. The minimum atomic E-state index is 0.216. The Kier molecular flexibility index (Phi) is 4.28. The molecule has 7 nitrogen and oxygen atoms in total. The summed E-state index contributed by atoms with van der Waals surface area (Å²) < 4.78 is 6.10. The van der Waals surface area contributed by atoms with Crippen LogP contribution in [0.5, 0.6) is 0 Å². The lowest BCUT2D eigenvalue weighted by molar-refractivity contribution is -0.0644. The maximum atomic E-state index is 6.10. The minimum Gasteiger partial charge on any atom is -0.374 e. The molecular formula is C13H24N6O. The molecule has 0 aliphatic carbocycles. The van der Waals surface area contributed by atoms with Crippen molar-refractivity contribution < 1.29 is 4.74 Å². The van der Waals surface area contributed by atoms with Crippen molar-refractivity contribution in [1.82, 2.24) is 30.4 Å². The molecule has 0 aromatic carbocycles. The molecule has 7 heteroatoms. The predicted molar refractivity (Wildman–Crippen MR) is 74.3 cm³/mol. The summed E-state index contributed by atoms with van der Waals surface area (Å²) in [6.45, 7) is 6.14. The summed E-state index contributed by atoms with van der Waals surface area (Å²) in [4.78, 5) is 4.08. The minimum absolute atomic E-state index is 0.216. The molecular weight excluding hydrogens is 256 g/mol. The van der Waals surface area contributed by atoms with Crippen LogP contribution in [0.25, 0.3) is 0 Å². The molecule has 3 heterocycles. The normalized spacial score (nSPS) is 28.5. The zero-order valence-corrected chi connectivity index (χ0v) is 12.3. The van der Waals surface area contributed by atoms with E-state index < -0.39 is 0 Å². The predicted octanol–water partition coefficient (Wildman–Crippen LogP) is -0.406. The summed E-state index contributed by atoms with van der Waals surface area (Å²) in [7, 11) is 1.80. The van der Waals surface area contributed by atoms with E-state index in [-0.39, 0.29) is 12.1 Å². The SMILES string of the molecule is CCNC(Cc1nnn(C)n1)C1CN2CCCC2CO1. The van der Waals surface area contributed by atoms with Gasteiger partial charge in [-0.25, -0.2) is 0 Å². The molecule has 0 radical (unpaired) electrons. The Morgan fingerprint density at radius 3 is 3.15 bits per heavy atom. The summed E-state index contributed by atoms with van der Waals surface area (Å²) in [6.07, 6.45) is 3.57. The molecule has 2 aliphatic heterocycles. The van der Waals surface area contributed by atoms with Crippen LogP contribution >= 0.6 is 0 Å². The van der Waals surface area contributed by atoms with E-state index in [0.29, 0.717) is 6.04 Å². The number of hydrogen-bond acceptors (Lipinski definition) is 6. The zero-order chi connectivity index (χ0) is 13.9. The lowest BCUT2D eigenvalue weighted by Crippen LogP contribution is -2.54. The van der Waals surface area contributed by atoms with Crippen molar-refractivity contribution >= 4 is 0 Å². The Morgan fingerprint density at radius 2 is 2.40 bits per heavy atom. The number of nitrogens with zero attached hydrogens (tertiary/aromatic N) is 5. The van der Waals surface area contributed by atoms with Gasteiger partial charge in [0, 0.05) is 25.0 Å². The molecule has 3 unspecified atom stereocenters. The van der Waals surface area contributed by atoms with Crippen molar-refractivity contribution in [1.29, 1.82) is 0 Å². The molecule has 3 atom stereocenters. The molecule has 1 N–H and O–H groups in total. The fraction of sp³-hybridized carbons (Fsp3) is 0.923. The number of tetrazole rings is 1. The third kappa shape index (κ3) is 2.99. The first-order valence-electron chi connectivity index (χ1n) is 7.58. The second kappa shape index (κ2) is 6.15. The van der Waals surface area contributed by atoms with E-state index in [1.807, 2.05) is 0 Å². The first-order valence-corrected chi connectivity index (χ1v) is 7.58. The van der Waals surface area contributed by atoms with Gasteiger partial charge < -0.3 is 10.1 Å². The maximum Gasteiger partial charge on any atom is 0.176 e. The Morgan fingerprint density at radius 1 is 1.50 bits per heavy atom. The zero-order valence-electron chi connectivity index (χ0n) is 12.3. The largest absolute Gasteiger partial charge is 0.374 e. The molecule has 0 spiro atoms. The van der Waals surface area contributed by atoms with Gasteiger partial charge in [0.1, 0.15) is 0 Å². The number of morpholine rings is 1. The van der Waals surface area contributed by atoms with Crippen LogP contribution in [0.4, 0.5) is 0 Å². The molecule has 1 aromatic rings. The molecule has 0 saturated carbocycles.